The van der Waals surface area contributed by atoms with E-state index in [4.69, 9.17) is 4.52 Å². The molecule has 0 atom stereocenters. The zero-order chi connectivity index (χ0) is 18.6. The van der Waals surface area contributed by atoms with Gasteiger partial charge in [-0.15, -0.1) is 0 Å². The second-order valence-corrected chi connectivity index (χ2v) is 6.81. The Balaban J connectivity index is 2.05. The molecule has 2 heterocycles. The van der Waals surface area contributed by atoms with Gasteiger partial charge in [0.15, 0.2) is 0 Å². The first-order valence-corrected chi connectivity index (χ1v) is 8.74. The number of pyridine rings is 1. The lowest BCUT2D eigenvalue weighted by atomic mass is 10.1. The monoisotopic (exact) mass is 344 g/mol. The Morgan fingerprint density at radius 1 is 1.24 bits per heavy atom. The highest BCUT2D eigenvalue weighted by molar-refractivity contribution is 5.95. The van der Waals surface area contributed by atoms with Gasteiger partial charge in [-0.3, -0.25) is 14.7 Å². The molecule has 0 saturated heterocycles. The topological polar surface area (TPSA) is 71.3 Å². The SMILES string of the molecule is Cc1noc(C)c1-c1cc(C(=O)NCCN(C(C)C)C(C)C)ccn1. The molecule has 6 nitrogen and oxygen atoms in total. The van der Waals surface area contributed by atoms with E-state index in [-0.39, 0.29) is 5.91 Å². The maximum absolute atomic E-state index is 12.5. The van der Waals surface area contributed by atoms with E-state index >= 15 is 0 Å². The van der Waals surface area contributed by atoms with Gasteiger partial charge in [-0.2, -0.15) is 0 Å². The molecule has 25 heavy (non-hydrogen) atoms. The van der Waals surface area contributed by atoms with E-state index in [1.807, 2.05) is 13.8 Å². The Labute approximate surface area is 149 Å². The lowest BCUT2D eigenvalue weighted by Gasteiger charge is -2.30. The van der Waals surface area contributed by atoms with Crippen LogP contribution in [0.1, 0.15) is 49.5 Å². The summed E-state index contributed by atoms with van der Waals surface area (Å²) in [4.78, 5) is 19.2. The molecule has 0 saturated carbocycles. The minimum Gasteiger partial charge on any atom is -0.361 e. The molecule has 0 aliphatic carbocycles. The van der Waals surface area contributed by atoms with Crippen LogP contribution in [0.4, 0.5) is 0 Å². The highest BCUT2D eigenvalue weighted by atomic mass is 16.5. The van der Waals surface area contributed by atoms with Crippen LogP contribution < -0.4 is 5.32 Å². The number of nitrogens with zero attached hydrogens (tertiary/aromatic N) is 3. The molecule has 0 aliphatic rings. The van der Waals surface area contributed by atoms with E-state index in [9.17, 15) is 4.79 Å². The molecule has 6 heteroatoms. The molecule has 1 N–H and O–H groups in total. The van der Waals surface area contributed by atoms with E-state index in [0.29, 0.717) is 35.6 Å². The Morgan fingerprint density at radius 2 is 1.92 bits per heavy atom. The molecule has 2 aromatic heterocycles. The van der Waals surface area contributed by atoms with Gasteiger partial charge in [0.05, 0.1) is 17.0 Å². The van der Waals surface area contributed by atoms with Gasteiger partial charge >= 0.3 is 0 Å². The molecule has 0 fully saturated rings. The molecule has 0 aromatic carbocycles. The molecule has 0 unspecified atom stereocenters. The summed E-state index contributed by atoms with van der Waals surface area (Å²) in [5.41, 5.74) is 2.91. The van der Waals surface area contributed by atoms with Crippen LogP contribution in [0, 0.1) is 13.8 Å². The molecule has 0 aliphatic heterocycles. The summed E-state index contributed by atoms with van der Waals surface area (Å²) in [7, 11) is 0. The number of carbonyl (C=O) groups excluding carboxylic acids is 1. The molecule has 0 bridgehead atoms. The molecule has 136 valence electrons. The third-order valence-electron chi connectivity index (χ3n) is 4.29. The summed E-state index contributed by atoms with van der Waals surface area (Å²) >= 11 is 0. The molecular formula is C19H28N4O2. The van der Waals surface area contributed by atoms with Crippen molar-refractivity contribution >= 4 is 5.91 Å². The Kier molecular flexibility index (Phi) is 6.31. The second kappa shape index (κ2) is 8.25. The van der Waals surface area contributed by atoms with Gasteiger partial charge in [0, 0.05) is 36.9 Å². The summed E-state index contributed by atoms with van der Waals surface area (Å²) in [6.07, 6.45) is 1.64. The standard InChI is InChI=1S/C19H28N4O2/c1-12(2)23(13(3)4)10-9-21-19(24)16-7-8-20-17(11-16)18-14(5)22-25-15(18)6/h7-8,11-13H,9-10H2,1-6H3,(H,21,24). The smallest absolute Gasteiger partial charge is 0.251 e. The highest BCUT2D eigenvalue weighted by Crippen LogP contribution is 2.25. The summed E-state index contributed by atoms with van der Waals surface area (Å²) in [6, 6.07) is 4.40. The van der Waals surface area contributed by atoms with Crippen molar-refractivity contribution in [2.45, 2.75) is 53.6 Å². The second-order valence-electron chi connectivity index (χ2n) is 6.81. The van der Waals surface area contributed by atoms with Crippen molar-refractivity contribution in [1.82, 2.24) is 20.4 Å². The van der Waals surface area contributed by atoms with Crippen molar-refractivity contribution in [1.29, 1.82) is 0 Å². The Bertz CT molecular complexity index is 694. The number of rotatable bonds is 7. The van der Waals surface area contributed by atoms with Gasteiger partial charge in [-0.1, -0.05) is 5.16 Å². The number of aromatic nitrogens is 2. The normalized spacial score (nSPS) is 11.6. The molecule has 0 radical (unpaired) electrons. The van der Waals surface area contributed by atoms with Crippen LogP contribution in [0.3, 0.4) is 0 Å². The molecule has 0 spiro atoms. The fraction of sp³-hybridized carbons (Fsp3) is 0.526. The number of hydrogen-bond acceptors (Lipinski definition) is 5. The number of hydrogen-bond donors (Lipinski definition) is 1. The van der Waals surface area contributed by atoms with Crippen molar-refractivity contribution in [3.8, 4) is 11.3 Å². The third-order valence-corrected chi connectivity index (χ3v) is 4.29. The fourth-order valence-electron chi connectivity index (χ4n) is 3.07. The van der Waals surface area contributed by atoms with Crippen molar-refractivity contribution in [3.63, 3.8) is 0 Å². The van der Waals surface area contributed by atoms with Crippen LogP contribution in [0.15, 0.2) is 22.9 Å². The Morgan fingerprint density at radius 3 is 2.48 bits per heavy atom. The van der Waals surface area contributed by atoms with Crippen LogP contribution >= 0.6 is 0 Å². The zero-order valence-corrected chi connectivity index (χ0v) is 16.0. The molecule has 2 rings (SSSR count). The summed E-state index contributed by atoms with van der Waals surface area (Å²) in [6.45, 7) is 13.8. The van der Waals surface area contributed by atoms with Gasteiger partial charge in [0.25, 0.3) is 5.91 Å². The minimum atomic E-state index is -0.0946. The first kappa shape index (κ1) is 19.1. The van der Waals surface area contributed by atoms with Crippen LogP contribution in [-0.4, -0.2) is 46.1 Å². The van der Waals surface area contributed by atoms with Gasteiger partial charge < -0.3 is 9.84 Å². The first-order valence-electron chi connectivity index (χ1n) is 8.74. The van der Waals surface area contributed by atoms with Crippen LogP contribution in [0.2, 0.25) is 0 Å². The van der Waals surface area contributed by atoms with E-state index in [0.717, 1.165) is 17.8 Å². The third kappa shape index (κ3) is 4.66. The predicted molar refractivity (Wildman–Crippen MR) is 98.5 cm³/mol. The van der Waals surface area contributed by atoms with Gasteiger partial charge in [-0.05, 0) is 53.7 Å². The number of carbonyl (C=O) groups is 1. The maximum Gasteiger partial charge on any atom is 0.251 e. The lowest BCUT2D eigenvalue weighted by molar-refractivity contribution is 0.0939. The minimum absolute atomic E-state index is 0.0946. The van der Waals surface area contributed by atoms with Crippen molar-refractivity contribution in [3.05, 3.63) is 35.3 Å². The quantitative estimate of drug-likeness (QED) is 0.835. The zero-order valence-electron chi connectivity index (χ0n) is 16.0. The molecule has 2 aromatic rings. The summed E-state index contributed by atoms with van der Waals surface area (Å²) in [5, 5.41) is 6.94. The predicted octanol–water partition coefficient (Wildman–Crippen LogP) is 3.20. The van der Waals surface area contributed by atoms with E-state index in [1.54, 1.807) is 18.3 Å². The maximum atomic E-state index is 12.5. The lowest BCUT2D eigenvalue weighted by Crippen LogP contribution is -2.42. The van der Waals surface area contributed by atoms with Crippen molar-refractivity contribution in [2.75, 3.05) is 13.1 Å². The van der Waals surface area contributed by atoms with Gasteiger partial charge in [0.1, 0.15) is 5.76 Å². The first-order chi connectivity index (χ1) is 11.8. The van der Waals surface area contributed by atoms with Gasteiger partial charge in [0.2, 0.25) is 0 Å². The summed E-state index contributed by atoms with van der Waals surface area (Å²) < 4.78 is 5.19. The average Bonchev–Trinajstić information content (AvgIpc) is 2.89. The summed E-state index contributed by atoms with van der Waals surface area (Å²) in [5.74, 6) is 0.606. The van der Waals surface area contributed by atoms with E-state index < -0.39 is 0 Å². The molecular weight excluding hydrogens is 316 g/mol. The number of nitrogens with one attached hydrogen (secondary N) is 1. The average molecular weight is 344 g/mol. The van der Waals surface area contributed by atoms with E-state index in [2.05, 4.69) is 48.1 Å². The van der Waals surface area contributed by atoms with Crippen LogP contribution in [0.25, 0.3) is 11.3 Å². The number of amides is 1. The fourth-order valence-corrected chi connectivity index (χ4v) is 3.07. The van der Waals surface area contributed by atoms with Crippen molar-refractivity contribution in [2.24, 2.45) is 0 Å². The Hall–Kier alpha value is -2.21. The largest absolute Gasteiger partial charge is 0.361 e. The van der Waals surface area contributed by atoms with Gasteiger partial charge in [-0.25, -0.2) is 0 Å². The van der Waals surface area contributed by atoms with Crippen LogP contribution in [0.5, 0.6) is 0 Å². The molecule has 1 amide bonds. The van der Waals surface area contributed by atoms with E-state index in [1.165, 1.54) is 0 Å². The van der Waals surface area contributed by atoms with Crippen molar-refractivity contribution < 1.29 is 9.32 Å². The number of aryl methyl sites for hydroxylation is 2. The highest BCUT2D eigenvalue weighted by Gasteiger charge is 2.16. The van der Waals surface area contributed by atoms with Crippen LogP contribution in [-0.2, 0) is 0 Å².